The van der Waals surface area contributed by atoms with Gasteiger partial charge in [0.05, 0.1) is 0 Å². The summed E-state index contributed by atoms with van der Waals surface area (Å²) in [5.41, 5.74) is 2.46. The molecule has 1 aromatic rings. The van der Waals surface area contributed by atoms with Crippen molar-refractivity contribution < 1.29 is 17.9 Å². The van der Waals surface area contributed by atoms with Crippen LogP contribution in [-0.4, -0.2) is 30.9 Å². The highest BCUT2D eigenvalue weighted by molar-refractivity contribution is 5.49. The van der Waals surface area contributed by atoms with E-state index in [4.69, 9.17) is 0 Å². The summed E-state index contributed by atoms with van der Waals surface area (Å²) in [6, 6.07) is 5.51. The van der Waals surface area contributed by atoms with Gasteiger partial charge < -0.3 is 9.64 Å². The maximum absolute atomic E-state index is 12.5. The monoisotopic (exact) mass is 325 g/mol. The molecule has 4 atom stereocenters. The van der Waals surface area contributed by atoms with E-state index in [1.54, 1.807) is 6.07 Å². The molecule has 0 bridgehead atoms. The molecule has 1 aromatic carbocycles. The van der Waals surface area contributed by atoms with Crippen molar-refractivity contribution in [3.8, 4) is 5.75 Å². The van der Waals surface area contributed by atoms with Crippen molar-refractivity contribution in [1.29, 1.82) is 0 Å². The average molecular weight is 325 g/mol. The van der Waals surface area contributed by atoms with Crippen LogP contribution in [0.25, 0.3) is 0 Å². The second-order valence-electron chi connectivity index (χ2n) is 7.33. The van der Waals surface area contributed by atoms with Gasteiger partial charge in [-0.15, -0.1) is 13.2 Å². The summed E-state index contributed by atoms with van der Waals surface area (Å²) in [5, 5.41) is 0. The summed E-state index contributed by atoms with van der Waals surface area (Å²) >= 11 is 0. The van der Waals surface area contributed by atoms with E-state index in [0.717, 1.165) is 24.9 Å². The van der Waals surface area contributed by atoms with Crippen molar-refractivity contribution >= 4 is 0 Å². The van der Waals surface area contributed by atoms with Gasteiger partial charge in [-0.25, -0.2) is 0 Å². The quantitative estimate of drug-likeness (QED) is 0.828. The van der Waals surface area contributed by atoms with E-state index in [9.17, 15) is 13.2 Å². The number of nitrogens with zero attached hydrogens (tertiary/aromatic N) is 1. The molecule has 4 rings (SSSR count). The SMILES string of the molecule is CCN(C)[C@H]1Cc2ccc(OC(F)(F)F)cc2[C@@]23CCC2C[C@H]13. The fourth-order valence-corrected chi connectivity index (χ4v) is 5.32. The number of hydrogen-bond acceptors (Lipinski definition) is 2. The molecule has 2 saturated carbocycles. The Kier molecular flexibility index (Phi) is 3.25. The van der Waals surface area contributed by atoms with Gasteiger partial charge in [-0.05, 0) is 74.4 Å². The Morgan fingerprint density at radius 3 is 2.70 bits per heavy atom. The van der Waals surface area contributed by atoms with Gasteiger partial charge in [0.1, 0.15) is 5.75 Å². The van der Waals surface area contributed by atoms with Gasteiger partial charge >= 0.3 is 6.36 Å². The summed E-state index contributed by atoms with van der Waals surface area (Å²) in [5.74, 6) is 1.17. The van der Waals surface area contributed by atoms with Crippen molar-refractivity contribution in [2.24, 2.45) is 11.8 Å². The number of likely N-dealkylation sites (N-methyl/N-ethyl adjacent to an activating group) is 1. The third-order valence-electron chi connectivity index (χ3n) is 6.61. The minimum atomic E-state index is -4.62. The molecule has 3 aliphatic rings. The molecular formula is C18H22F3NO. The molecule has 1 spiro atoms. The Morgan fingerprint density at radius 1 is 1.35 bits per heavy atom. The van der Waals surface area contributed by atoms with E-state index < -0.39 is 6.36 Å². The first-order chi connectivity index (χ1) is 10.8. The molecule has 126 valence electrons. The van der Waals surface area contributed by atoms with E-state index >= 15 is 0 Å². The highest BCUT2D eigenvalue weighted by Gasteiger charge is 2.65. The Morgan fingerprint density at radius 2 is 2.13 bits per heavy atom. The molecule has 0 radical (unpaired) electrons. The van der Waals surface area contributed by atoms with Crippen LogP contribution in [0.2, 0.25) is 0 Å². The first-order valence-electron chi connectivity index (χ1n) is 8.44. The fourth-order valence-electron chi connectivity index (χ4n) is 5.32. The van der Waals surface area contributed by atoms with E-state index in [1.165, 1.54) is 24.5 Å². The van der Waals surface area contributed by atoms with Crippen LogP contribution in [0, 0.1) is 11.8 Å². The molecule has 0 saturated heterocycles. The van der Waals surface area contributed by atoms with Gasteiger partial charge in [-0.2, -0.15) is 0 Å². The zero-order chi connectivity index (χ0) is 16.4. The van der Waals surface area contributed by atoms with Gasteiger partial charge in [-0.3, -0.25) is 0 Å². The highest BCUT2D eigenvalue weighted by Crippen LogP contribution is 2.69. The van der Waals surface area contributed by atoms with Crippen molar-refractivity contribution in [1.82, 2.24) is 4.90 Å². The third-order valence-corrected chi connectivity index (χ3v) is 6.61. The van der Waals surface area contributed by atoms with Crippen LogP contribution in [0.15, 0.2) is 18.2 Å². The van der Waals surface area contributed by atoms with Crippen LogP contribution in [0.5, 0.6) is 5.75 Å². The molecule has 0 amide bonds. The third kappa shape index (κ3) is 2.12. The summed E-state index contributed by atoms with van der Waals surface area (Å²) in [4.78, 5) is 2.41. The molecule has 0 aromatic heterocycles. The maximum atomic E-state index is 12.5. The molecule has 23 heavy (non-hydrogen) atoms. The summed E-state index contributed by atoms with van der Waals surface area (Å²) in [6.07, 6.45) is -0.144. The topological polar surface area (TPSA) is 12.5 Å². The summed E-state index contributed by atoms with van der Waals surface area (Å²) in [6.45, 7) is 3.17. The van der Waals surface area contributed by atoms with Crippen molar-refractivity contribution in [3.63, 3.8) is 0 Å². The lowest BCUT2D eigenvalue weighted by Gasteiger charge is -2.69. The molecule has 5 heteroatoms. The van der Waals surface area contributed by atoms with Crippen LogP contribution >= 0.6 is 0 Å². The normalized spacial score (nSPS) is 34.8. The lowest BCUT2D eigenvalue weighted by Crippen LogP contribution is -2.68. The fraction of sp³-hybridized carbons (Fsp3) is 0.667. The predicted molar refractivity (Wildman–Crippen MR) is 81.4 cm³/mol. The van der Waals surface area contributed by atoms with Gasteiger partial charge in [0.2, 0.25) is 0 Å². The second-order valence-corrected chi connectivity index (χ2v) is 7.33. The summed E-state index contributed by atoms with van der Waals surface area (Å²) in [7, 11) is 2.16. The van der Waals surface area contributed by atoms with Crippen LogP contribution in [0.3, 0.4) is 0 Å². The smallest absolute Gasteiger partial charge is 0.406 e. The highest BCUT2D eigenvalue weighted by atomic mass is 19.4. The Balaban J connectivity index is 1.72. The van der Waals surface area contributed by atoms with E-state index in [-0.39, 0.29) is 11.2 Å². The van der Waals surface area contributed by atoms with Gasteiger partial charge in [0.15, 0.2) is 0 Å². The molecule has 1 unspecified atom stereocenters. The number of halogens is 3. The zero-order valence-electron chi connectivity index (χ0n) is 13.5. The maximum Gasteiger partial charge on any atom is 0.573 e. The van der Waals surface area contributed by atoms with E-state index in [0.29, 0.717) is 17.9 Å². The Hall–Kier alpha value is -1.23. The van der Waals surface area contributed by atoms with Crippen LogP contribution in [0.1, 0.15) is 37.3 Å². The standard InChI is InChI=1S/C18H22F3NO/c1-3-22(2)16-8-11-4-5-13(23-18(19,20)21)10-14(11)17-7-6-12(17)9-15(16)17/h4-5,10,12,15-16H,3,6-9H2,1-2H3/t12?,15-,16+,17-/m1/s1. The molecule has 0 aliphatic heterocycles. The molecule has 0 N–H and O–H groups in total. The van der Waals surface area contributed by atoms with Gasteiger partial charge in [0.25, 0.3) is 0 Å². The van der Waals surface area contributed by atoms with Crippen molar-refractivity contribution in [3.05, 3.63) is 29.3 Å². The van der Waals surface area contributed by atoms with Crippen molar-refractivity contribution in [2.45, 2.75) is 50.4 Å². The first kappa shape index (κ1) is 15.3. The Bertz CT molecular complexity index is 629. The first-order valence-corrected chi connectivity index (χ1v) is 8.44. The minimum Gasteiger partial charge on any atom is -0.406 e. The van der Waals surface area contributed by atoms with Gasteiger partial charge in [0, 0.05) is 11.5 Å². The number of benzene rings is 1. The molecule has 3 aliphatic carbocycles. The number of rotatable bonds is 3. The summed E-state index contributed by atoms with van der Waals surface area (Å²) < 4.78 is 41.8. The number of fused-ring (bicyclic) bond motifs is 1. The van der Waals surface area contributed by atoms with Crippen LogP contribution < -0.4 is 4.74 Å². The van der Waals surface area contributed by atoms with Crippen molar-refractivity contribution in [2.75, 3.05) is 13.6 Å². The Labute approximate surface area is 134 Å². The van der Waals surface area contributed by atoms with E-state index in [2.05, 4.69) is 23.6 Å². The average Bonchev–Trinajstić information content (AvgIpc) is 2.48. The zero-order valence-corrected chi connectivity index (χ0v) is 13.5. The van der Waals surface area contributed by atoms with Crippen LogP contribution in [0.4, 0.5) is 13.2 Å². The lowest BCUT2D eigenvalue weighted by molar-refractivity contribution is -0.274. The van der Waals surface area contributed by atoms with E-state index in [1.807, 2.05) is 6.07 Å². The lowest BCUT2D eigenvalue weighted by atomic mass is 9.36. The minimum absolute atomic E-state index is 0.0655. The largest absolute Gasteiger partial charge is 0.573 e. The molecule has 0 heterocycles. The molecule has 2 nitrogen and oxygen atoms in total. The van der Waals surface area contributed by atoms with Crippen LogP contribution in [-0.2, 0) is 11.8 Å². The second kappa shape index (κ2) is 4.88. The number of hydrogen-bond donors (Lipinski definition) is 0. The van der Waals surface area contributed by atoms with Gasteiger partial charge in [-0.1, -0.05) is 13.0 Å². The number of ether oxygens (including phenoxy) is 1. The molecular weight excluding hydrogens is 303 g/mol. The molecule has 2 fully saturated rings. The number of alkyl halides is 3. The predicted octanol–water partition coefficient (Wildman–Crippen LogP) is 4.13.